The van der Waals surface area contributed by atoms with Crippen LogP contribution < -0.4 is 32.0 Å². The van der Waals surface area contributed by atoms with E-state index >= 15 is 0 Å². The number of hydrogen-bond acceptors (Lipinski definition) is 9. The SMILES string of the molecule is CC.CCNC.COc1c(CNCc2ccc(-n3c(-c4cccnc4N)nc4ccc(-c5ccccc5)nc43)cc2)c(=O)c1=O. The number of nitrogens with one attached hydrogen (secondary N) is 2. The molecule has 0 amide bonds. The summed E-state index contributed by atoms with van der Waals surface area (Å²) >= 11 is 0. The number of ether oxygens (including phenoxy) is 1. The number of imidazole rings is 1. The summed E-state index contributed by atoms with van der Waals surface area (Å²) in [5.74, 6) is 1.16. The maximum Gasteiger partial charge on any atom is 0.268 e. The third-order valence-electron chi connectivity index (χ3n) is 7.00. The number of rotatable bonds is 9. The molecule has 4 N–H and O–H groups in total. The summed E-state index contributed by atoms with van der Waals surface area (Å²) in [6.45, 7) is 7.91. The summed E-state index contributed by atoms with van der Waals surface area (Å²) in [6.07, 6.45) is 1.65. The summed E-state index contributed by atoms with van der Waals surface area (Å²) in [5.41, 5.74) is 11.4. The fourth-order valence-corrected chi connectivity index (χ4v) is 4.65. The van der Waals surface area contributed by atoms with Crippen LogP contribution in [0, 0.1) is 0 Å². The zero-order valence-corrected chi connectivity index (χ0v) is 26.3. The lowest BCUT2D eigenvalue weighted by molar-refractivity contribution is 0.396. The Bertz CT molecular complexity index is 1910. The molecule has 3 aromatic heterocycles. The smallest absolute Gasteiger partial charge is 0.268 e. The number of hydrogen-bond donors (Lipinski definition) is 3. The van der Waals surface area contributed by atoms with Gasteiger partial charge in [0.1, 0.15) is 11.3 Å². The molecule has 3 aromatic carbocycles. The van der Waals surface area contributed by atoms with Gasteiger partial charge in [0.15, 0.2) is 17.2 Å². The molecule has 0 radical (unpaired) electrons. The minimum absolute atomic E-state index is 0.138. The average molecular weight is 606 g/mol. The highest BCUT2D eigenvalue weighted by Crippen LogP contribution is 2.31. The zero-order chi connectivity index (χ0) is 32.3. The number of pyridine rings is 2. The number of fused-ring (bicyclic) bond motifs is 1. The monoisotopic (exact) mass is 605 g/mol. The van der Waals surface area contributed by atoms with Crippen molar-refractivity contribution in [1.82, 2.24) is 30.2 Å². The van der Waals surface area contributed by atoms with Gasteiger partial charge in [0, 0.05) is 30.5 Å². The highest BCUT2D eigenvalue weighted by Gasteiger charge is 2.21. The molecule has 45 heavy (non-hydrogen) atoms. The fourth-order valence-electron chi connectivity index (χ4n) is 4.65. The van der Waals surface area contributed by atoms with Crippen molar-refractivity contribution in [3.05, 3.63) is 117 Å². The summed E-state index contributed by atoms with van der Waals surface area (Å²) in [7, 11) is 3.32. The highest BCUT2D eigenvalue weighted by atomic mass is 16.5. The molecule has 0 saturated heterocycles. The first-order valence-corrected chi connectivity index (χ1v) is 14.9. The molecular weight excluding hydrogens is 566 g/mol. The Morgan fingerprint density at radius 3 is 2.22 bits per heavy atom. The number of nitrogens with two attached hydrogens (primary N) is 1. The molecule has 6 rings (SSSR count). The van der Waals surface area contributed by atoms with E-state index in [2.05, 4.69) is 22.5 Å². The topological polar surface area (TPSA) is 137 Å². The Balaban J connectivity index is 0.000000713. The van der Waals surface area contributed by atoms with Gasteiger partial charge in [-0.05, 0) is 55.6 Å². The fraction of sp³-hybridized carbons (Fsp3) is 0.229. The van der Waals surface area contributed by atoms with E-state index < -0.39 is 10.9 Å². The molecule has 3 heterocycles. The van der Waals surface area contributed by atoms with Gasteiger partial charge < -0.3 is 21.1 Å². The summed E-state index contributed by atoms with van der Waals surface area (Å²) in [6, 6.07) is 25.6. The van der Waals surface area contributed by atoms with Gasteiger partial charge in [0.05, 0.1) is 23.9 Å². The van der Waals surface area contributed by atoms with Gasteiger partial charge in [0.2, 0.25) is 5.43 Å². The molecule has 0 atom stereocenters. The van der Waals surface area contributed by atoms with Crippen LogP contribution in [0.3, 0.4) is 0 Å². The van der Waals surface area contributed by atoms with Crippen molar-refractivity contribution in [3.63, 3.8) is 0 Å². The molecule has 6 aromatic rings. The number of aromatic nitrogens is 4. The highest BCUT2D eigenvalue weighted by molar-refractivity contribution is 5.84. The number of benzene rings is 2. The van der Waals surface area contributed by atoms with Crippen LogP contribution in [0.15, 0.2) is 94.6 Å². The van der Waals surface area contributed by atoms with E-state index in [1.54, 1.807) is 6.20 Å². The van der Waals surface area contributed by atoms with Crippen molar-refractivity contribution in [3.8, 4) is 34.1 Å². The molecule has 0 spiro atoms. The molecule has 0 saturated carbocycles. The Hall–Kier alpha value is -5.19. The number of nitrogens with zero attached hydrogens (tertiary/aromatic N) is 4. The summed E-state index contributed by atoms with van der Waals surface area (Å²) < 4.78 is 7.00. The average Bonchev–Trinajstić information content (AvgIpc) is 3.48. The normalized spacial score (nSPS) is 10.6. The Morgan fingerprint density at radius 1 is 0.867 bits per heavy atom. The van der Waals surface area contributed by atoms with Gasteiger partial charge in [-0.2, -0.15) is 0 Å². The Kier molecular flexibility index (Phi) is 11.3. The van der Waals surface area contributed by atoms with Crippen LogP contribution in [0.2, 0.25) is 0 Å². The number of methoxy groups -OCH3 is 1. The van der Waals surface area contributed by atoms with E-state index in [1.807, 2.05) is 104 Å². The number of anilines is 1. The third kappa shape index (κ3) is 7.14. The van der Waals surface area contributed by atoms with Crippen molar-refractivity contribution in [2.45, 2.75) is 33.9 Å². The van der Waals surface area contributed by atoms with Gasteiger partial charge in [-0.15, -0.1) is 0 Å². The predicted octanol–water partition coefficient (Wildman–Crippen LogP) is 4.88. The Morgan fingerprint density at radius 2 is 1.58 bits per heavy atom. The van der Waals surface area contributed by atoms with Crippen LogP contribution in [-0.2, 0) is 13.1 Å². The molecule has 0 aliphatic rings. The lowest BCUT2D eigenvalue weighted by Crippen LogP contribution is -2.38. The van der Waals surface area contributed by atoms with Crippen LogP contribution in [0.1, 0.15) is 31.9 Å². The van der Waals surface area contributed by atoms with E-state index in [0.29, 0.717) is 35.0 Å². The molecule has 232 valence electrons. The van der Waals surface area contributed by atoms with E-state index in [0.717, 1.165) is 34.6 Å². The lowest BCUT2D eigenvalue weighted by Gasteiger charge is -2.12. The first kappa shape index (κ1) is 32.7. The van der Waals surface area contributed by atoms with Gasteiger partial charge in [-0.25, -0.2) is 15.0 Å². The molecule has 0 aliphatic heterocycles. The second kappa shape index (κ2) is 15.5. The first-order valence-electron chi connectivity index (χ1n) is 14.9. The van der Waals surface area contributed by atoms with Crippen molar-refractivity contribution >= 4 is 17.0 Å². The molecule has 0 bridgehead atoms. The minimum Gasteiger partial charge on any atom is -0.492 e. The van der Waals surface area contributed by atoms with Crippen molar-refractivity contribution in [2.75, 3.05) is 26.4 Å². The molecule has 10 nitrogen and oxygen atoms in total. The molecule has 10 heteroatoms. The zero-order valence-electron chi connectivity index (χ0n) is 26.3. The van der Waals surface area contributed by atoms with E-state index in [-0.39, 0.29) is 12.3 Å². The molecule has 0 aliphatic carbocycles. The Labute approximate surface area is 262 Å². The standard InChI is InChI=1S/C30H24N6O3.C3H9N.C2H6/c1-39-27-22(25(37)26(27)38)17-32-16-18-9-11-20(12-10-18)36-29(21-8-5-15-33-28(21)31)35-24-14-13-23(34-30(24)36)19-6-3-2-4-7-19;1-3-4-2;1-2/h2-15,32H,16-17H2,1H3,(H2,31,33);4H,3H2,1-2H3;1-2H3. The van der Waals surface area contributed by atoms with Crippen molar-refractivity contribution in [2.24, 2.45) is 0 Å². The van der Waals surface area contributed by atoms with Crippen LogP contribution >= 0.6 is 0 Å². The van der Waals surface area contributed by atoms with Gasteiger partial charge in [-0.3, -0.25) is 14.2 Å². The minimum atomic E-state index is -0.569. The van der Waals surface area contributed by atoms with Crippen molar-refractivity contribution in [1.29, 1.82) is 0 Å². The van der Waals surface area contributed by atoms with Crippen LogP contribution in [0.4, 0.5) is 5.82 Å². The van der Waals surface area contributed by atoms with E-state index in [9.17, 15) is 9.59 Å². The maximum absolute atomic E-state index is 11.8. The molecular formula is C35H39N7O3. The van der Waals surface area contributed by atoms with Gasteiger partial charge in [-0.1, -0.05) is 63.2 Å². The predicted molar refractivity (Wildman–Crippen MR) is 181 cm³/mol. The number of nitrogen functional groups attached to an aromatic ring is 1. The second-order valence-corrected chi connectivity index (χ2v) is 9.76. The van der Waals surface area contributed by atoms with Gasteiger partial charge in [0.25, 0.3) is 5.43 Å². The van der Waals surface area contributed by atoms with E-state index in [1.165, 1.54) is 7.11 Å². The van der Waals surface area contributed by atoms with Crippen LogP contribution in [-0.4, -0.2) is 40.2 Å². The maximum atomic E-state index is 11.8. The largest absolute Gasteiger partial charge is 0.492 e. The van der Waals surface area contributed by atoms with Crippen molar-refractivity contribution < 1.29 is 4.74 Å². The molecule has 0 unspecified atom stereocenters. The third-order valence-corrected chi connectivity index (χ3v) is 7.00. The summed E-state index contributed by atoms with van der Waals surface area (Å²) in [4.78, 5) is 37.5. The quantitative estimate of drug-likeness (QED) is 0.197. The van der Waals surface area contributed by atoms with Gasteiger partial charge >= 0.3 is 0 Å². The van der Waals surface area contributed by atoms with E-state index in [4.69, 9.17) is 20.4 Å². The summed E-state index contributed by atoms with van der Waals surface area (Å²) in [5, 5.41) is 6.14. The first-order chi connectivity index (χ1) is 22.0. The second-order valence-electron chi connectivity index (χ2n) is 9.76. The lowest BCUT2D eigenvalue weighted by atomic mass is 10.1. The molecule has 0 fully saturated rings. The van der Waals surface area contributed by atoms with Crippen LogP contribution in [0.25, 0.3) is 39.5 Å². The van der Waals surface area contributed by atoms with Crippen LogP contribution in [0.5, 0.6) is 5.75 Å².